The Kier molecular flexibility index (Phi) is 6.98. The highest BCUT2D eigenvalue weighted by Gasteiger charge is 2.54. The molecule has 21 heavy (non-hydrogen) atoms. The fraction of sp³-hybridized carbons (Fsp3) is 0.750. The van der Waals surface area contributed by atoms with Crippen LogP contribution in [0.15, 0.2) is 25.7 Å². The van der Waals surface area contributed by atoms with Gasteiger partial charge >= 0.3 is 0 Å². The van der Waals surface area contributed by atoms with Crippen LogP contribution in [-0.2, 0) is 13.6 Å². The topological polar surface area (TPSA) is 27.7 Å². The fourth-order valence-electron chi connectivity index (χ4n) is 2.46. The van der Waals surface area contributed by atoms with Gasteiger partial charge in [-0.3, -0.25) is 0 Å². The zero-order valence-electron chi connectivity index (χ0n) is 15.2. The third-order valence-corrected chi connectivity index (χ3v) is 13.0. The minimum atomic E-state index is -2.15. The molecular formula is C16H34O3Si2. The Morgan fingerprint density at radius 2 is 1.33 bits per heavy atom. The zero-order chi connectivity index (χ0) is 16.9. The molecule has 0 heterocycles. The highest BCUT2D eigenvalue weighted by molar-refractivity contribution is 6.78. The van der Waals surface area contributed by atoms with Crippen molar-refractivity contribution < 1.29 is 13.6 Å². The van der Waals surface area contributed by atoms with Crippen molar-refractivity contribution in [3.05, 3.63) is 25.7 Å². The van der Waals surface area contributed by atoms with Crippen LogP contribution >= 0.6 is 0 Å². The van der Waals surface area contributed by atoms with Crippen molar-refractivity contribution in [2.75, 3.05) is 0 Å². The lowest BCUT2D eigenvalue weighted by atomic mass is 10.3. The van der Waals surface area contributed by atoms with E-state index in [4.69, 9.17) is 13.6 Å². The molecule has 0 aliphatic rings. The van der Waals surface area contributed by atoms with Crippen LogP contribution in [0.5, 0.6) is 0 Å². The number of rotatable bonds is 10. The predicted octanol–water partition coefficient (Wildman–Crippen LogP) is 5.15. The third-order valence-electron chi connectivity index (χ3n) is 5.10. The summed E-state index contributed by atoms with van der Waals surface area (Å²) in [6.45, 7) is 24.8. The van der Waals surface area contributed by atoms with E-state index in [2.05, 4.69) is 67.0 Å². The molecule has 2 atom stereocenters. The Labute approximate surface area is 133 Å². The summed E-state index contributed by atoms with van der Waals surface area (Å²) in [7, 11) is -4.21. The van der Waals surface area contributed by atoms with Gasteiger partial charge in [-0.1, -0.05) is 27.0 Å². The second-order valence-corrected chi connectivity index (χ2v) is 15.5. The molecule has 0 amide bonds. The van der Waals surface area contributed by atoms with E-state index in [9.17, 15) is 0 Å². The zero-order valence-corrected chi connectivity index (χ0v) is 17.2. The Morgan fingerprint density at radius 3 is 1.67 bits per heavy atom. The molecule has 0 aromatic heterocycles. The molecule has 0 N–H and O–H groups in total. The van der Waals surface area contributed by atoms with Crippen LogP contribution in [0.1, 0.15) is 40.5 Å². The van der Waals surface area contributed by atoms with Crippen LogP contribution in [0.2, 0.25) is 26.2 Å². The van der Waals surface area contributed by atoms with Crippen molar-refractivity contribution in [3.63, 3.8) is 0 Å². The van der Waals surface area contributed by atoms with Crippen molar-refractivity contribution in [2.45, 2.75) is 77.2 Å². The van der Waals surface area contributed by atoms with E-state index in [1.165, 1.54) is 6.26 Å². The Bertz CT molecular complexity index is 369. The molecule has 0 aromatic carbocycles. The van der Waals surface area contributed by atoms with E-state index >= 15 is 0 Å². The van der Waals surface area contributed by atoms with Gasteiger partial charge in [0.05, 0.1) is 17.7 Å². The first-order chi connectivity index (χ1) is 9.45. The van der Waals surface area contributed by atoms with E-state index in [0.717, 1.165) is 12.8 Å². The summed E-state index contributed by atoms with van der Waals surface area (Å²) in [6, 6.07) is 0. The van der Waals surface area contributed by atoms with E-state index in [-0.39, 0.29) is 10.4 Å². The maximum Gasteiger partial charge on any atom is 0.274 e. The number of hydrogen-bond donors (Lipinski definition) is 0. The molecule has 0 aliphatic carbocycles. The first-order valence-electron chi connectivity index (χ1n) is 7.73. The van der Waals surface area contributed by atoms with Gasteiger partial charge in [-0.2, -0.15) is 0 Å². The van der Waals surface area contributed by atoms with Gasteiger partial charge in [0.15, 0.2) is 0 Å². The van der Waals surface area contributed by atoms with E-state index < -0.39 is 16.6 Å². The van der Waals surface area contributed by atoms with Gasteiger partial charge in [-0.25, -0.2) is 0 Å². The lowest BCUT2D eigenvalue weighted by Gasteiger charge is -2.49. The largest absolute Gasteiger partial charge is 0.547 e. The minimum Gasteiger partial charge on any atom is -0.547 e. The molecule has 0 bridgehead atoms. The predicted molar refractivity (Wildman–Crippen MR) is 96.0 cm³/mol. The molecule has 5 heteroatoms. The van der Waals surface area contributed by atoms with Crippen molar-refractivity contribution in [1.82, 2.24) is 0 Å². The van der Waals surface area contributed by atoms with Gasteiger partial charge in [-0.05, 0) is 52.9 Å². The third kappa shape index (κ3) is 4.23. The molecule has 0 radical (unpaired) electrons. The minimum absolute atomic E-state index is 0.280. The first-order valence-corrected chi connectivity index (χ1v) is 13.5. The summed E-state index contributed by atoms with van der Waals surface area (Å²) >= 11 is 0. The van der Waals surface area contributed by atoms with Gasteiger partial charge in [0.25, 0.3) is 8.32 Å². The first kappa shape index (κ1) is 20.5. The highest BCUT2D eigenvalue weighted by atomic mass is 28.4. The van der Waals surface area contributed by atoms with Crippen LogP contribution in [0.3, 0.4) is 0 Å². The normalized spacial score (nSPS) is 18.3. The quantitative estimate of drug-likeness (QED) is 0.409. The molecule has 0 aromatic rings. The molecule has 124 valence electrons. The fourth-order valence-corrected chi connectivity index (χ4v) is 8.43. The molecule has 0 fully saturated rings. The van der Waals surface area contributed by atoms with Crippen LogP contribution in [0, 0.1) is 0 Å². The van der Waals surface area contributed by atoms with Gasteiger partial charge in [0.1, 0.15) is 5.22 Å². The molecule has 0 spiro atoms. The van der Waals surface area contributed by atoms with Crippen molar-refractivity contribution in [3.8, 4) is 0 Å². The Hall–Kier alpha value is -0.526. The monoisotopic (exact) mass is 330 g/mol. The van der Waals surface area contributed by atoms with Gasteiger partial charge in [-0.15, -0.1) is 0 Å². The Balaban J connectivity index is 5.54. The second-order valence-electron chi connectivity index (χ2n) is 6.86. The maximum atomic E-state index is 6.76. The van der Waals surface area contributed by atoms with Crippen molar-refractivity contribution in [1.29, 1.82) is 0 Å². The second kappa shape index (κ2) is 7.16. The number of ether oxygens (including phenoxy) is 1. The molecule has 0 aliphatic heterocycles. The smallest absolute Gasteiger partial charge is 0.274 e. The average molecular weight is 331 g/mol. The lowest BCUT2D eigenvalue weighted by Crippen LogP contribution is -2.65. The highest BCUT2D eigenvalue weighted by Crippen LogP contribution is 2.38. The summed E-state index contributed by atoms with van der Waals surface area (Å²) in [5.74, 6) is 0. The van der Waals surface area contributed by atoms with Crippen LogP contribution in [-0.4, -0.2) is 27.1 Å². The Morgan fingerprint density at radius 1 is 0.857 bits per heavy atom. The standard InChI is InChI=1S/C16H34O3Si2/c1-11-15(5,17-13-3)21(9,10)19-16(6,12-2)20(7,8)18-14-4/h13-14H,3-4,11-12H2,1-2,5-10H3/t15-,16?/m1/s1. The summed E-state index contributed by atoms with van der Waals surface area (Å²) < 4.78 is 18.5. The molecule has 1 unspecified atom stereocenters. The summed E-state index contributed by atoms with van der Waals surface area (Å²) in [4.78, 5) is 0. The molecule has 0 rings (SSSR count). The lowest BCUT2D eigenvalue weighted by molar-refractivity contribution is 0.0472. The van der Waals surface area contributed by atoms with E-state index in [1.807, 2.05) is 0 Å². The van der Waals surface area contributed by atoms with E-state index in [1.54, 1.807) is 6.26 Å². The van der Waals surface area contributed by atoms with Crippen molar-refractivity contribution in [2.24, 2.45) is 0 Å². The van der Waals surface area contributed by atoms with Crippen LogP contribution in [0.25, 0.3) is 0 Å². The van der Waals surface area contributed by atoms with E-state index in [0.29, 0.717) is 0 Å². The summed E-state index contributed by atoms with van der Waals surface area (Å²) in [5, 5.41) is -0.582. The van der Waals surface area contributed by atoms with Crippen LogP contribution < -0.4 is 0 Å². The van der Waals surface area contributed by atoms with Gasteiger partial charge < -0.3 is 13.6 Å². The van der Waals surface area contributed by atoms with Gasteiger partial charge in [0, 0.05) is 0 Å². The molecule has 0 saturated heterocycles. The van der Waals surface area contributed by atoms with Crippen LogP contribution in [0.4, 0.5) is 0 Å². The molecule has 0 saturated carbocycles. The number of hydrogen-bond acceptors (Lipinski definition) is 3. The summed E-state index contributed by atoms with van der Waals surface area (Å²) in [6.07, 6.45) is 4.89. The summed E-state index contributed by atoms with van der Waals surface area (Å²) in [5.41, 5.74) is 0. The molecule has 3 nitrogen and oxygen atoms in total. The molecular weight excluding hydrogens is 296 g/mol. The maximum absolute atomic E-state index is 6.76. The van der Waals surface area contributed by atoms with Crippen molar-refractivity contribution >= 4 is 16.6 Å². The average Bonchev–Trinajstić information content (AvgIpc) is 2.37. The SMILES string of the molecule is C=CO[C@@](C)(CC)[Si](C)(C)OC(C)(CC)[Si](C)(C)OC=C. The van der Waals surface area contributed by atoms with Gasteiger partial charge in [0.2, 0.25) is 8.32 Å².